The molecule has 0 aliphatic heterocycles. The SMILES string of the molecule is CC(C)(C)c1cc(-c2ncnc3c2sc2cc4sccc4cc23)cc2ccsc12. The first kappa shape index (κ1) is 17.5. The Morgan fingerprint density at radius 3 is 2.48 bits per heavy atom. The zero-order valence-corrected chi connectivity index (χ0v) is 18.8. The van der Waals surface area contributed by atoms with Gasteiger partial charge in [-0.05, 0) is 68.9 Å². The first-order chi connectivity index (χ1) is 14.0. The number of thiophene rings is 3. The van der Waals surface area contributed by atoms with Crippen molar-refractivity contribution in [3.63, 3.8) is 0 Å². The van der Waals surface area contributed by atoms with Crippen LogP contribution in [-0.4, -0.2) is 9.97 Å². The molecule has 6 rings (SSSR count). The van der Waals surface area contributed by atoms with Crippen LogP contribution in [0, 0.1) is 0 Å². The molecule has 0 amide bonds. The number of benzene rings is 2. The van der Waals surface area contributed by atoms with Gasteiger partial charge in [0.05, 0.1) is 15.9 Å². The average molecular weight is 431 g/mol. The zero-order valence-electron chi connectivity index (χ0n) is 16.3. The van der Waals surface area contributed by atoms with Crippen molar-refractivity contribution in [1.82, 2.24) is 9.97 Å². The lowest BCUT2D eigenvalue weighted by Gasteiger charge is -2.21. The third-order valence-corrected chi connectivity index (χ3v) is 8.45. The molecule has 0 fully saturated rings. The van der Waals surface area contributed by atoms with E-state index in [0.29, 0.717) is 0 Å². The molecule has 142 valence electrons. The summed E-state index contributed by atoms with van der Waals surface area (Å²) < 4.78 is 5.16. The highest BCUT2D eigenvalue weighted by Crippen LogP contribution is 2.42. The van der Waals surface area contributed by atoms with Crippen molar-refractivity contribution in [3.8, 4) is 11.3 Å². The van der Waals surface area contributed by atoms with E-state index in [1.807, 2.05) is 11.3 Å². The van der Waals surface area contributed by atoms with Gasteiger partial charge in [-0.1, -0.05) is 20.8 Å². The maximum absolute atomic E-state index is 4.75. The minimum absolute atomic E-state index is 0.0792. The Bertz CT molecular complexity index is 1540. The van der Waals surface area contributed by atoms with Gasteiger partial charge < -0.3 is 0 Å². The van der Waals surface area contributed by atoms with Crippen LogP contribution in [0.2, 0.25) is 0 Å². The molecule has 0 spiro atoms. The summed E-state index contributed by atoms with van der Waals surface area (Å²) in [5.74, 6) is 0. The summed E-state index contributed by atoms with van der Waals surface area (Å²) in [6.07, 6.45) is 1.72. The third kappa shape index (κ3) is 2.65. The first-order valence-electron chi connectivity index (χ1n) is 9.55. The van der Waals surface area contributed by atoms with Crippen molar-refractivity contribution < 1.29 is 0 Å². The van der Waals surface area contributed by atoms with E-state index in [1.54, 1.807) is 29.0 Å². The highest BCUT2D eigenvalue weighted by Gasteiger charge is 2.21. The highest BCUT2D eigenvalue weighted by atomic mass is 32.1. The van der Waals surface area contributed by atoms with Gasteiger partial charge in [0.15, 0.2) is 0 Å². The second kappa shape index (κ2) is 6.08. The van der Waals surface area contributed by atoms with E-state index in [2.05, 4.69) is 72.9 Å². The average Bonchev–Trinajstić information content (AvgIpc) is 3.41. The van der Waals surface area contributed by atoms with Crippen LogP contribution in [0.3, 0.4) is 0 Å². The van der Waals surface area contributed by atoms with Crippen LogP contribution in [0.15, 0.2) is 53.5 Å². The number of hydrogen-bond acceptors (Lipinski definition) is 5. The van der Waals surface area contributed by atoms with E-state index in [9.17, 15) is 0 Å². The van der Waals surface area contributed by atoms with Crippen LogP contribution in [0.4, 0.5) is 0 Å². The molecule has 0 radical (unpaired) electrons. The number of fused-ring (bicyclic) bond motifs is 5. The fraction of sp³-hybridized carbons (Fsp3) is 0.167. The van der Waals surface area contributed by atoms with E-state index in [4.69, 9.17) is 4.98 Å². The first-order valence-corrected chi connectivity index (χ1v) is 12.1. The Morgan fingerprint density at radius 2 is 1.62 bits per heavy atom. The molecular weight excluding hydrogens is 412 g/mol. The summed E-state index contributed by atoms with van der Waals surface area (Å²) in [4.78, 5) is 9.42. The monoisotopic (exact) mass is 430 g/mol. The second-order valence-corrected chi connectivity index (χ2v) is 11.3. The second-order valence-electron chi connectivity index (χ2n) is 8.42. The van der Waals surface area contributed by atoms with Gasteiger partial charge in [-0.3, -0.25) is 0 Å². The van der Waals surface area contributed by atoms with Gasteiger partial charge in [0.25, 0.3) is 0 Å². The molecule has 4 heterocycles. The molecule has 0 unspecified atom stereocenters. The topological polar surface area (TPSA) is 25.8 Å². The summed E-state index contributed by atoms with van der Waals surface area (Å²) >= 11 is 5.42. The normalized spacial score (nSPS) is 12.7. The van der Waals surface area contributed by atoms with Crippen LogP contribution >= 0.6 is 34.0 Å². The lowest BCUT2D eigenvalue weighted by atomic mass is 9.85. The molecular formula is C24H18N2S3. The van der Waals surface area contributed by atoms with Gasteiger partial charge in [0, 0.05) is 25.0 Å². The molecule has 29 heavy (non-hydrogen) atoms. The molecule has 0 aliphatic carbocycles. The van der Waals surface area contributed by atoms with Crippen molar-refractivity contribution >= 4 is 74.5 Å². The Balaban J connectivity index is 1.68. The summed E-state index contributed by atoms with van der Waals surface area (Å²) in [6, 6.07) is 13.6. The number of rotatable bonds is 1. The molecule has 6 aromatic rings. The smallest absolute Gasteiger partial charge is 0.116 e. The van der Waals surface area contributed by atoms with E-state index in [-0.39, 0.29) is 5.41 Å². The van der Waals surface area contributed by atoms with Crippen molar-refractivity contribution in [3.05, 3.63) is 59.0 Å². The molecule has 2 aromatic carbocycles. The Morgan fingerprint density at radius 1 is 0.793 bits per heavy atom. The zero-order chi connectivity index (χ0) is 19.8. The Hall–Kier alpha value is -2.34. The Kier molecular flexibility index (Phi) is 3.67. The van der Waals surface area contributed by atoms with Crippen molar-refractivity contribution in [1.29, 1.82) is 0 Å². The molecule has 0 atom stereocenters. The van der Waals surface area contributed by atoms with Crippen LogP contribution in [0.25, 0.3) is 51.7 Å². The molecule has 0 bridgehead atoms. The fourth-order valence-electron chi connectivity index (χ4n) is 4.01. The molecule has 2 nitrogen and oxygen atoms in total. The number of nitrogens with zero attached hydrogens (tertiary/aromatic N) is 2. The van der Waals surface area contributed by atoms with Gasteiger partial charge in [0.1, 0.15) is 6.33 Å². The largest absolute Gasteiger partial charge is 0.235 e. The molecule has 0 aliphatic rings. The molecule has 0 saturated heterocycles. The standard InChI is InChI=1S/C24H18N2S3/c1-24(2,3)17-10-15(8-14-5-7-28-22(14)17)20-23-21(26-12-25-20)16-9-13-4-6-27-18(13)11-19(16)29-23/h4-12H,1-3H3. The van der Waals surface area contributed by atoms with Crippen LogP contribution in [0.5, 0.6) is 0 Å². The van der Waals surface area contributed by atoms with Gasteiger partial charge in [0.2, 0.25) is 0 Å². The summed E-state index contributed by atoms with van der Waals surface area (Å²) in [7, 11) is 0. The summed E-state index contributed by atoms with van der Waals surface area (Å²) in [6.45, 7) is 6.85. The van der Waals surface area contributed by atoms with Crippen LogP contribution < -0.4 is 0 Å². The third-order valence-electron chi connectivity index (χ3n) is 5.46. The van der Waals surface area contributed by atoms with E-state index >= 15 is 0 Å². The van der Waals surface area contributed by atoms with Gasteiger partial charge >= 0.3 is 0 Å². The van der Waals surface area contributed by atoms with E-state index in [0.717, 1.165) is 11.2 Å². The van der Waals surface area contributed by atoms with Crippen molar-refractivity contribution in [2.75, 3.05) is 0 Å². The highest BCUT2D eigenvalue weighted by molar-refractivity contribution is 7.26. The van der Waals surface area contributed by atoms with Crippen LogP contribution in [0.1, 0.15) is 26.3 Å². The predicted octanol–water partition coefficient (Wildman–Crippen LogP) is 8.24. The summed E-state index contributed by atoms with van der Waals surface area (Å²) in [5, 5.41) is 8.15. The molecule has 5 heteroatoms. The van der Waals surface area contributed by atoms with Gasteiger partial charge in [-0.25, -0.2) is 9.97 Å². The van der Waals surface area contributed by atoms with E-state index in [1.165, 1.54) is 46.1 Å². The minimum atomic E-state index is 0.0792. The van der Waals surface area contributed by atoms with Crippen molar-refractivity contribution in [2.24, 2.45) is 0 Å². The van der Waals surface area contributed by atoms with Crippen LogP contribution in [-0.2, 0) is 5.41 Å². The predicted molar refractivity (Wildman–Crippen MR) is 130 cm³/mol. The van der Waals surface area contributed by atoms with Crippen molar-refractivity contribution in [2.45, 2.75) is 26.2 Å². The Labute approximate surface area is 180 Å². The maximum atomic E-state index is 4.75. The molecule has 4 aromatic heterocycles. The van der Waals surface area contributed by atoms with Gasteiger partial charge in [-0.15, -0.1) is 34.0 Å². The fourth-order valence-corrected chi connectivity index (χ4v) is 7.19. The number of aromatic nitrogens is 2. The molecule has 0 saturated carbocycles. The minimum Gasteiger partial charge on any atom is -0.235 e. The quantitative estimate of drug-likeness (QED) is 0.262. The lowest BCUT2D eigenvalue weighted by Crippen LogP contribution is -2.11. The number of hydrogen-bond donors (Lipinski definition) is 0. The molecule has 0 N–H and O–H groups in total. The van der Waals surface area contributed by atoms with Gasteiger partial charge in [-0.2, -0.15) is 0 Å². The lowest BCUT2D eigenvalue weighted by molar-refractivity contribution is 0.597. The summed E-state index contributed by atoms with van der Waals surface area (Å²) in [5.41, 5.74) is 4.74. The maximum Gasteiger partial charge on any atom is 0.116 e. The van der Waals surface area contributed by atoms with E-state index < -0.39 is 0 Å².